The summed E-state index contributed by atoms with van der Waals surface area (Å²) >= 11 is 0. The number of hydrogen-bond donors (Lipinski definition) is 0. The first-order valence-corrected chi connectivity index (χ1v) is 9.29. The van der Waals surface area contributed by atoms with Crippen LogP contribution in [0.4, 0.5) is 4.39 Å². The molecule has 0 N–H and O–H groups in total. The predicted molar refractivity (Wildman–Crippen MR) is 97.9 cm³/mol. The summed E-state index contributed by atoms with van der Waals surface area (Å²) in [7, 11) is 0. The first-order valence-electron chi connectivity index (χ1n) is 9.29. The average Bonchev–Trinajstić information content (AvgIpc) is 3.20. The molecule has 4 rings (SSSR count). The molecule has 0 radical (unpaired) electrons. The van der Waals surface area contributed by atoms with Crippen molar-refractivity contribution in [3.05, 3.63) is 41.3 Å². The third-order valence-corrected chi connectivity index (χ3v) is 5.21. The molecule has 2 amide bonds. The molecule has 1 atom stereocenters. The van der Waals surface area contributed by atoms with Gasteiger partial charge < -0.3 is 14.5 Å². The Balaban J connectivity index is 1.50. The maximum absolute atomic E-state index is 13.5. The lowest BCUT2D eigenvalue weighted by Gasteiger charge is -2.36. The van der Waals surface area contributed by atoms with Crippen molar-refractivity contribution in [1.82, 2.24) is 14.8 Å². The average molecular weight is 371 g/mol. The van der Waals surface area contributed by atoms with Gasteiger partial charge in [0.15, 0.2) is 0 Å². The van der Waals surface area contributed by atoms with Gasteiger partial charge in [-0.3, -0.25) is 14.6 Å². The fraction of sp³-hybridized carbons (Fsp3) is 0.450. The minimum atomic E-state index is -0.375. The maximum atomic E-state index is 13.5. The van der Waals surface area contributed by atoms with E-state index in [0.717, 1.165) is 12.8 Å². The highest BCUT2D eigenvalue weighted by Crippen LogP contribution is 2.22. The molecule has 2 aromatic rings. The summed E-state index contributed by atoms with van der Waals surface area (Å²) in [5, 5.41) is 0.643. The first kappa shape index (κ1) is 17.9. The van der Waals surface area contributed by atoms with Crippen LogP contribution >= 0.6 is 0 Å². The third kappa shape index (κ3) is 3.51. The van der Waals surface area contributed by atoms with Gasteiger partial charge in [0.25, 0.3) is 11.8 Å². The van der Waals surface area contributed by atoms with Gasteiger partial charge in [0, 0.05) is 49.9 Å². The van der Waals surface area contributed by atoms with Crippen molar-refractivity contribution in [2.45, 2.75) is 25.9 Å². The highest BCUT2D eigenvalue weighted by atomic mass is 19.1. The van der Waals surface area contributed by atoms with Crippen molar-refractivity contribution in [3.8, 4) is 0 Å². The third-order valence-electron chi connectivity index (χ3n) is 5.21. The second kappa shape index (κ2) is 7.23. The van der Waals surface area contributed by atoms with E-state index in [-0.39, 0.29) is 23.7 Å². The van der Waals surface area contributed by atoms with E-state index in [1.54, 1.807) is 28.9 Å². The second-order valence-electron chi connectivity index (χ2n) is 7.09. The van der Waals surface area contributed by atoms with Crippen molar-refractivity contribution < 1.29 is 18.7 Å². The van der Waals surface area contributed by atoms with Gasteiger partial charge in [-0.15, -0.1) is 0 Å². The number of rotatable bonds is 2. The number of benzene rings is 1. The van der Waals surface area contributed by atoms with Crippen LogP contribution in [0.3, 0.4) is 0 Å². The summed E-state index contributed by atoms with van der Waals surface area (Å²) in [6.45, 7) is 4.38. The molecular weight excluding hydrogens is 349 g/mol. The number of carbonyl (C=O) groups excluding carboxylic acids is 2. The van der Waals surface area contributed by atoms with Crippen LogP contribution in [-0.4, -0.2) is 65.5 Å². The molecular formula is C20H22FN3O3. The Kier molecular flexibility index (Phi) is 4.78. The van der Waals surface area contributed by atoms with Crippen LogP contribution < -0.4 is 0 Å². The second-order valence-corrected chi connectivity index (χ2v) is 7.09. The molecule has 1 aromatic heterocycles. The van der Waals surface area contributed by atoms with Gasteiger partial charge in [-0.1, -0.05) is 0 Å². The Morgan fingerprint density at radius 3 is 2.59 bits per heavy atom. The van der Waals surface area contributed by atoms with Crippen LogP contribution in [0.1, 0.15) is 28.9 Å². The zero-order chi connectivity index (χ0) is 19.0. The van der Waals surface area contributed by atoms with Gasteiger partial charge in [-0.25, -0.2) is 4.39 Å². The quantitative estimate of drug-likeness (QED) is 0.812. The van der Waals surface area contributed by atoms with E-state index in [4.69, 9.17) is 4.74 Å². The number of halogens is 1. The van der Waals surface area contributed by atoms with Gasteiger partial charge in [-0.2, -0.15) is 0 Å². The van der Waals surface area contributed by atoms with Crippen LogP contribution in [-0.2, 0) is 9.53 Å². The summed E-state index contributed by atoms with van der Waals surface area (Å²) in [6, 6.07) is 6.03. The van der Waals surface area contributed by atoms with Crippen molar-refractivity contribution in [1.29, 1.82) is 0 Å². The summed E-state index contributed by atoms with van der Waals surface area (Å²) in [6.07, 6.45) is 1.37. The smallest absolute Gasteiger partial charge is 0.254 e. The fourth-order valence-electron chi connectivity index (χ4n) is 3.79. The minimum Gasteiger partial charge on any atom is -0.368 e. The Bertz CT molecular complexity index is 882. The number of hydrogen-bond acceptors (Lipinski definition) is 4. The monoisotopic (exact) mass is 371 g/mol. The number of carbonyl (C=O) groups is 2. The molecule has 142 valence electrons. The first-order chi connectivity index (χ1) is 13.0. The Labute approximate surface area is 156 Å². The fourth-order valence-corrected chi connectivity index (χ4v) is 3.79. The number of aryl methyl sites for hydroxylation is 1. The number of fused-ring (bicyclic) bond motifs is 1. The van der Waals surface area contributed by atoms with Crippen molar-refractivity contribution >= 4 is 22.7 Å². The summed E-state index contributed by atoms with van der Waals surface area (Å²) in [5.41, 5.74) is 1.67. The van der Waals surface area contributed by atoms with Crippen molar-refractivity contribution in [2.24, 2.45) is 0 Å². The van der Waals surface area contributed by atoms with Crippen LogP contribution in [0.25, 0.3) is 10.9 Å². The van der Waals surface area contributed by atoms with Crippen LogP contribution in [0.5, 0.6) is 0 Å². The lowest BCUT2D eigenvalue weighted by Crippen LogP contribution is -2.52. The van der Waals surface area contributed by atoms with Gasteiger partial charge >= 0.3 is 0 Å². The lowest BCUT2D eigenvalue weighted by atomic mass is 10.1. The van der Waals surface area contributed by atoms with E-state index in [1.807, 2.05) is 0 Å². The Morgan fingerprint density at radius 1 is 1.15 bits per heavy atom. The van der Waals surface area contributed by atoms with Crippen molar-refractivity contribution in [2.75, 3.05) is 32.8 Å². The Hall–Kier alpha value is -2.54. The predicted octanol–water partition coefficient (Wildman–Crippen LogP) is 2.15. The molecule has 2 fully saturated rings. The molecule has 0 bridgehead atoms. The van der Waals surface area contributed by atoms with Crippen LogP contribution in [0.2, 0.25) is 0 Å². The lowest BCUT2D eigenvalue weighted by molar-refractivity contribution is -0.142. The van der Waals surface area contributed by atoms with Crippen molar-refractivity contribution in [3.63, 3.8) is 0 Å². The molecule has 1 aromatic carbocycles. The largest absolute Gasteiger partial charge is 0.368 e. The molecule has 0 saturated carbocycles. The van der Waals surface area contributed by atoms with E-state index in [0.29, 0.717) is 54.9 Å². The number of aromatic nitrogens is 1. The highest BCUT2D eigenvalue weighted by Gasteiger charge is 2.31. The number of piperazine rings is 1. The van der Waals surface area contributed by atoms with Gasteiger partial charge in [-0.05, 0) is 38.0 Å². The molecule has 7 heteroatoms. The molecule has 2 saturated heterocycles. The standard InChI is InChI=1S/C20H22FN3O3/c1-13-11-16(15-5-4-14(21)12-17(15)22-13)19(25)23-6-8-24(9-7-23)20(26)18-3-2-10-27-18/h4-5,11-12,18H,2-3,6-10H2,1H3/t18-/m0/s1. The zero-order valence-electron chi connectivity index (χ0n) is 15.3. The molecule has 27 heavy (non-hydrogen) atoms. The van der Waals surface area contributed by atoms with Crippen LogP contribution in [0, 0.1) is 12.7 Å². The number of nitrogens with zero attached hydrogens (tertiary/aromatic N) is 3. The highest BCUT2D eigenvalue weighted by molar-refractivity contribution is 6.06. The number of amides is 2. The topological polar surface area (TPSA) is 62.7 Å². The minimum absolute atomic E-state index is 0.0280. The molecule has 2 aliphatic rings. The molecule has 3 heterocycles. The molecule has 0 spiro atoms. The normalized spacial score (nSPS) is 20.3. The summed E-state index contributed by atoms with van der Waals surface area (Å²) in [4.78, 5) is 33.4. The zero-order valence-corrected chi connectivity index (χ0v) is 15.3. The number of ether oxygens (including phenoxy) is 1. The van der Waals surface area contributed by atoms with E-state index in [1.165, 1.54) is 12.1 Å². The summed E-state index contributed by atoms with van der Waals surface area (Å²) in [5.74, 6) is -0.457. The van der Waals surface area contributed by atoms with Gasteiger partial charge in [0.1, 0.15) is 11.9 Å². The molecule has 0 unspecified atom stereocenters. The maximum Gasteiger partial charge on any atom is 0.254 e. The molecule has 2 aliphatic heterocycles. The van der Waals surface area contributed by atoms with E-state index in [9.17, 15) is 14.0 Å². The molecule has 6 nitrogen and oxygen atoms in total. The molecule has 0 aliphatic carbocycles. The van der Waals surface area contributed by atoms with E-state index >= 15 is 0 Å². The van der Waals surface area contributed by atoms with Crippen LogP contribution in [0.15, 0.2) is 24.3 Å². The Morgan fingerprint density at radius 2 is 1.89 bits per heavy atom. The number of pyridine rings is 1. The van der Waals surface area contributed by atoms with Gasteiger partial charge in [0.05, 0.1) is 11.1 Å². The summed E-state index contributed by atoms with van der Waals surface area (Å²) < 4.78 is 19.0. The SMILES string of the molecule is Cc1cc(C(=O)N2CCN(C(=O)[C@@H]3CCCO3)CC2)c2ccc(F)cc2n1. The van der Waals surface area contributed by atoms with Gasteiger partial charge in [0.2, 0.25) is 0 Å². The van der Waals surface area contributed by atoms with E-state index in [2.05, 4.69) is 4.98 Å². The van der Waals surface area contributed by atoms with E-state index < -0.39 is 0 Å².